The fourth-order valence-corrected chi connectivity index (χ4v) is 7.36. The second kappa shape index (κ2) is 15.9. The van der Waals surface area contributed by atoms with Gasteiger partial charge in [0.05, 0.1) is 17.2 Å². The van der Waals surface area contributed by atoms with Gasteiger partial charge in [-0.1, -0.05) is 73.0 Å². The summed E-state index contributed by atoms with van der Waals surface area (Å²) in [6.45, 7) is 3.67. The highest BCUT2D eigenvalue weighted by molar-refractivity contribution is 7.92. The van der Waals surface area contributed by atoms with Crippen LogP contribution >= 0.6 is 0 Å². The molecule has 0 aliphatic heterocycles. The number of rotatable bonds is 14. The van der Waals surface area contributed by atoms with Crippen LogP contribution in [0.5, 0.6) is 5.75 Å². The lowest BCUT2D eigenvalue weighted by atomic mass is 10.0. The first-order valence-electron chi connectivity index (χ1n) is 16.3. The summed E-state index contributed by atoms with van der Waals surface area (Å²) in [5.74, 6) is -0.899. The predicted octanol–water partition coefficient (Wildman–Crippen LogP) is 6.43. The number of nitrogens with zero attached hydrogens (tertiary/aromatic N) is 2. The molecule has 48 heavy (non-hydrogen) atoms. The minimum Gasteiger partial charge on any atom is -0.494 e. The number of nitrogens with one attached hydrogen (secondary N) is 1. The molecule has 0 aromatic heterocycles. The van der Waals surface area contributed by atoms with Crippen LogP contribution in [0.1, 0.15) is 49.3 Å². The first kappa shape index (κ1) is 34.6. The Kier molecular flexibility index (Phi) is 11.5. The van der Waals surface area contributed by atoms with Gasteiger partial charge in [-0.2, -0.15) is 0 Å². The van der Waals surface area contributed by atoms with Crippen molar-refractivity contribution in [3.8, 4) is 5.75 Å². The van der Waals surface area contributed by atoms with E-state index in [4.69, 9.17) is 4.74 Å². The fraction of sp³-hybridized carbons (Fsp3) is 0.316. The van der Waals surface area contributed by atoms with Gasteiger partial charge in [0, 0.05) is 19.0 Å². The van der Waals surface area contributed by atoms with Gasteiger partial charge in [0.25, 0.3) is 10.0 Å². The van der Waals surface area contributed by atoms with Crippen LogP contribution in [0.25, 0.3) is 0 Å². The van der Waals surface area contributed by atoms with E-state index in [9.17, 15) is 22.4 Å². The molecule has 2 amide bonds. The van der Waals surface area contributed by atoms with Crippen molar-refractivity contribution in [2.75, 3.05) is 17.5 Å². The van der Waals surface area contributed by atoms with Crippen molar-refractivity contribution < 1.29 is 27.1 Å². The van der Waals surface area contributed by atoms with Crippen LogP contribution < -0.4 is 14.4 Å². The van der Waals surface area contributed by atoms with Gasteiger partial charge >= 0.3 is 0 Å². The van der Waals surface area contributed by atoms with E-state index in [1.54, 1.807) is 12.1 Å². The molecule has 1 atom stereocenters. The SMILES string of the molecule is CCOc1ccc(S(=O)(=O)N(CC(=O)N(Cc2ccc(C)cc2)[C@H](Cc2ccccc2)C(=O)NC2CCCC2)c2ccc(F)cc2)cc1. The van der Waals surface area contributed by atoms with E-state index in [-0.39, 0.29) is 35.5 Å². The third-order valence-electron chi connectivity index (χ3n) is 8.56. The number of halogens is 1. The predicted molar refractivity (Wildman–Crippen MR) is 185 cm³/mol. The van der Waals surface area contributed by atoms with Gasteiger partial charge in [0.1, 0.15) is 24.2 Å². The molecule has 0 spiro atoms. The van der Waals surface area contributed by atoms with Crippen molar-refractivity contribution in [3.05, 3.63) is 126 Å². The molecule has 10 heteroatoms. The Bertz CT molecular complexity index is 1760. The monoisotopic (exact) mass is 671 g/mol. The van der Waals surface area contributed by atoms with Crippen LogP contribution in [-0.4, -0.2) is 50.4 Å². The number of sulfonamides is 1. The number of ether oxygens (including phenoxy) is 1. The van der Waals surface area contributed by atoms with Crippen LogP contribution in [0.4, 0.5) is 10.1 Å². The van der Waals surface area contributed by atoms with Crippen LogP contribution in [0, 0.1) is 12.7 Å². The molecule has 252 valence electrons. The minimum atomic E-state index is -4.32. The van der Waals surface area contributed by atoms with E-state index < -0.39 is 34.3 Å². The Hall–Kier alpha value is -4.70. The molecule has 0 saturated heterocycles. The van der Waals surface area contributed by atoms with Crippen molar-refractivity contribution in [1.82, 2.24) is 10.2 Å². The van der Waals surface area contributed by atoms with Crippen molar-refractivity contribution in [3.63, 3.8) is 0 Å². The largest absolute Gasteiger partial charge is 0.494 e. The fourth-order valence-electron chi connectivity index (χ4n) is 5.95. The average Bonchev–Trinajstić information content (AvgIpc) is 3.60. The summed E-state index contributed by atoms with van der Waals surface area (Å²) >= 11 is 0. The number of carbonyl (C=O) groups excluding carboxylic acids is 2. The lowest BCUT2D eigenvalue weighted by Crippen LogP contribution is -2.54. The summed E-state index contributed by atoms with van der Waals surface area (Å²) in [6, 6.07) is 27.1. The van der Waals surface area contributed by atoms with Crippen LogP contribution in [0.15, 0.2) is 108 Å². The molecule has 0 unspecified atom stereocenters. The Morgan fingerprint density at radius 1 is 0.875 bits per heavy atom. The van der Waals surface area contributed by atoms with Gasteiger partial charge in [0.2, 0.25) is 11.8 Å². The van der Waals surface area contributed by atoms with Crippen LogP contribution in [0.2, 0.25) is 0 Å². The molecular formula is C38H42FN3O5S. The summed E-state index contributed by atoms with van der Waals surface area (Å²) in [4.78, 5) is 30.1. The Morgan fingerprint density at radius 3 is 2.15 bits per heavy atom. The molecule has 0 radical (unpaired) electrons. The lowest BCUT2D eigenvalue weighted by molar-refractivity contribution is -0.140. The van der Waals surface area contributed by atoms with Crippen LogP contribution in [0.3, 0.4) is 0 Å². The van der Waals surface area contributed by atoms with Crippen molar-refractivity contribution in [2.45, 2.75) is 69.5 Å². The standard InChI is InChI=1S/C38H42FN3O5S/c1-3-47-34-21-23-35(24-22-34)48(45,46)42(33-19-17-31(39)18-20-33)27-37(43)41(26-30-15-13-28(2)14-16-30)36(25-29-9-5-4-6-10-29)38(44)40-32-11-7-8-12-32/h4-6,9-10,13-24,32,36H,3,7-8,11-12,25-27H2,1-2H3,(H,40,44)/t36-/m1/s1. The summed E-state index contributed by atoms with van der Waals surface area (Å²) in [5.41, 5.74) is 2.82. The normalized spacial score (nSPS) is 13.9. The van der Waals surface area contributed by atoms with Gasteiger partial charge < -0.3 is 15.0 Å². The number of carbonyl (C=O) groups is 2. The first-order valence-corrected chi connectivity index (χ1v) is 17.8. The zero-order valence-electron chi connectivity index (χ0n) is 27.3. The average molecular weight is 672 g/mol. The molecular weight excluding hydrogens is 629 g/mol. The minimum absolute atomic E-state index is 0.0165. The van der Waals surface area contributed by atoms with E-state index in [0.29, 0.717) is 12.4 Å². The highest BCUT2D eigenvalue weighted by atomic mass is 32.2. The molecule has 4 aromatic rings. The van der Waals surface area contributed by atoms with Gasteiger partial charge in [0.15, 0.2) is 0 Å². The molecule has 0 bridgehead atoms. The molecule has 8 nitrogen and oxygen atoms in total. The van der Waals surface area contributed by atoms with Crippen LogP contribution in [-0.2, 0) is 32.6 Å². The van der Waals surface area contributed by atoms with Crippen molar-refractivity contribution >= 4 is 27.5 Å². The summed E-state index contributed by atoms with van der Waals surface area (Å²) in [7, 11) is -4.32. The molecule has 1 N–H and O–H groups in total. The number of amides is 2. The molecule has 1 aliphatic rings. The van der Waals surface area contributed by atoms with E-state index in [0.717, 1.165) is 58.8 Å². The first-order chi connectivity index (χ1) is 23.1. The van der Waals surface area contributed by atoms with E-state index in [2.05, 4.69) is 5.32 Å². The zero-order valence-corrected chi connectivity index (χ0v) is 28.2. The van der Waals surface area contributed by atoms with E-state index in [1.165, 1.54) is 29.2 Å². The second-order valence-corrected chi connectivity index (χ2v) is 14.0. The molecule has 4 aromatic carbocycles. The molecule has 5 rings (SSSR count). The smallest absolute Gasteiger partial charge is 0.264 e. The Labute approximate surface area is 282 Å². The van der Waals surface area contributed by atoms with Gasteiger partial charge in [-0.3, -0.25) is 13.9 Å². The van der Waals surface area contributed by atoms with Gasteiger partial charge in [-0.05, 0) is 86.3 Å². The number of hydrogen-bond acceptors (Lipinski definition) is 5. The second-order valence-electron chi connectivity index (χ2n) is 12.1. The maximum absolute atomic E-state index is 14.6. The number of aryl methyl sites for hydroxylation is 1. The maximum Gasteiger partial charge on any atom is 0.264 e. The summed E-state index contributed by atoms with van der Waals surface area (Å²) < 4.78 is 48.9. The van der Waals surface area contributed by atoms with Crippen molar-refractivity contribution in [1.29, 1.82) is 0 Å². The van der Waals surface area contributed by atoms with Crippen molar-refractivity contribution in [2.24, 2.45) is 0 Å². The molecule has 1 fully saturated rings. The summed E-state index contributed by atoms with van der Waals surface area (Å²) in [5, 5.41) is 3.17. The zero-order chi connectivity index (χ0) is 34.1. The quantitative estimate of drug-likeness (QED) is 0.167. The van der Waals surface area contributed by atoms with Gasteiger partial charge in [-0.25, -0.2) is 12.8 Å². The number of benzene rings is 4. The third kappa shape index (κ3) is 8.80. The topological polar surface area (TPSA) is 96.0 Å². The number of hydrogen-bond donors (Lipinski definition) is 1. The lowest BCUT2D eigenvalue weighted by Gasteiger charge is -2.34. The van der Waals surface area contributed by atoms with E-state index in [1.807, 2.05) is 68.4 Å². The molecule has 0 heterocycles. The molecule has 1 saturated carbocycles. The summed E-state index contributed by atoms with van der Waals surface area (Å²) in [6.07, 6.45) is 4.02. The Balaban J connectivity index is 1.55. The highest BCUT2D eigenvalue weighted by Crippen LogP contribution is 2.27. The number of anilines is 1. The maximum atomic E-state index is 14.6. The molecule has 1 aliphatic carbocycles. The van der Waals surface area contributed by atoms with Gasteiger partial charge in [-0.15, -0.1) is 0 Å². The highest BCUT2D eigenvalue weighted by Gasteiger charge is 2.35. The third-order valence-corrected chi connectivity index (χ3v) is 10.4. The Morgan fingerprint density at radius 2 is 1.52 bits per heavy atom. The van der Waals surface area contributed by atoms with E-state index >= 15 is 0 Å².